The van der Waals surface area contributed by atoms with Crippen LogP contribution in [0.4, 0.5) is 5.69 Å². The third-order valence-corrected chi connectivity index (χ3v) is 2.39. The largest absolute Gasteiger partial charge is 0.495 e. The van der Waals surface area contributed by atoms with Gasteiger partial charge in [-0.05, 0) is 18.2 Å². The van der Waals surface area contributed by atoms with Gasteiger partial charge in [-0.15, -0.1) is 0 Å². The summed E-state index contributed by atoms with van der Waals surface area (Å²) in [4.78, 5) is 12.9. The van der Waals surface area contributed by atoms with E-state index in [1.807, 2.05) is 6.07 Å². The lowest BCUT2D eigenvalue weighted by Crippen LogP contribution is -2.28. The van der Waals surface area contributed by atoms with Crippen molar-refractivity contribution >= 4 is 23.2 Å². The Morgan fingerprint density at radius 2 is 2.19 bits per heavy atom. The molecule has 0 radical (unpaired) electrons. The van der Waals surface area contributed by atoms with Crippen molar-refractivity contribution in [3.05, 3.63) is 23.2 Å². The first-order chi connectivity index (χ1) is 7.54. The van der Waals surface area contributed by atoms with Gasteiger partial charge in [0, 0.05) is 19.8 Å². The lowest BCUT2D eigenvalue weighted by atomic mass is 10.3. The minimum Gasteiger partial charge on any atom is -0.495 e. The molecule has 0 saturated heterocycles. The van der Waals surface area contributed by atoms with Gasteiger partial charge in [-0.25, -0.2) is 0 Å². The molecule has 0 aliphatic carbocycles. The van der Waals surface area contributed by atoms with Gasteiger partial charge in [-0.3, -0.25) is 4.79 Å². The van der Waals surface area contributed by atoms with Gasteiger partial charge in [0.15, 0.2) is 0 Å². The van der Waals surface area contributed by atoms with Crippen LogP contribution in [-0.4, -0.2) is 38.6 Å². The lowest BCUT2D eigenvalue weighted by Gasteiger charge is -2.12. The molecule has 88 valence electrons. The van der Waals surface area contributed by atoms with Crippen LogP contribution < -0.4 is 10.1 Å². The summed E-state index contributed by atoms with van der Waals surface area (Å²) < 4.78 is 5.03. The molecule has 0 heterocycles. The van der Waals surface area contributed by atoms with Crippen molar-refractivity contribution < 1.29 is 9.53 Å². The van der Waals surface area contributed by atoms with Crippen molar-refractivity contribution in [2.45, 2.75) is 0 Å². The molecule has 0 bridgehead atoms. The Labute approximate surface area is 100 Å². The molecule has 1 aromatic rings. The number of rotatable bonds is 4. The van der Waals surface area contributed by atoms with E-state index in [0.29, 0.717) is 10.8 Å². The Bertz CT molecular complexity index is 380. The van der Waals surface area contributed by atoms with Gasteiger partial charge in [0.2, 0.25) is 5.91 Å². The number of nitrogens with zero attached hydrogens (tertiary/aromatic N) is 1. The molecule has 4 nitrogen and oxygen atoms in total. The van der Waals surface area contributed by atoms with E-state index in [1.165, 1.54) is 4.90 Å². The van der Waals surface area contributed by atoms with E-state index in [-0.39, 0.29) is 12.5 Å². The molecule has 0 fully saturated rings. The molecule has 0 spiro atoms. The number of carbonyl (C=O) groups excluding carboxylic acids is 1. The molecule has 0 aliphatic heterocycles. The van der Waals surface area contributed by atoms with Gasteiger partial charge < -0.3 is 15.0 Å². The number of anilines is 1. The Hall–Kier alpha value is -1.42. The summed E-state index contributed by atoms with van der Waals surface area (Å²) in [6, 6.07) is 5.29. The standard InChI is InChI=1S/C11H15ClN2O2/c1-14(2)11(15)7-13-8-4-5-10(16-3)9(12)6-8/h4-6,13H,7H2,1-3H3. The molecule has 5 heteroatoms. The van der Waals surface area contributed by atoms with Gasteiger partial charge in [-0.1, -0.05) is 11.6 Å². The maximum atomic E-state index is 11.3. The normalized spacial score (nSPS) is 9.75. The quantitative estimate of drug-likeness (QED) is 0.876. The number of ether oxygens (including phenoxy) is 1. The molecule has 1 N–H and O–H groups in total. The second-order valence-electron chi connectivity index (χ2n) is 3.49. The number of amides is 1. The van der Waals surface area contributed by atoms with Crippen LogP contribution in [0.3, 0.4) is 0 Å². The summed E-state index contributed by atoms with van der Waals surface area (Å²) in [7, 11) is 4.99. The van der Waals surface area contributed by atoms with E-state index in [9.17, 15) is 4.79 Å². The molecule has 1 rings (SSSR count). The molecule has 0 aliphatic rings. The highest BCUT2D eigenvalue weighted by molar-refractivity contribution is 6.32. The highest BCUT2D eigenvalue weighted by atomic mass is 35.5. The third kappa shape index (κ3) is 3.31. The van der Waals surface area contributed by atoms with Crippen molar-refractivity contribution in [1.82, 2.24) is 4.90 Å². The number of benzene rings is 1. The maximum absolute atomic E-state index is 11.3. The Kier molecular flexibility index (Phi) is 4.43. The Morgan fingerprint density at radius 1 is 1.50 bits per heavy atom. The third-order valence-electron chi connectivity index (χ3n) is 2.09. The molecule has 1 aromatic carbocycles. The van der Waals surface area contributed by atoms with Crippen molar-refractivity contribution in [2.75, 3.05) is 33.1 Å². The van der Waals surface area contributed by atoms with Crippen LogP contribution in [0, 0.1) is 0 Å². The highest BCUT2D eigenvalue weighted by Crippen LogP contribution is 2.26. The summed E-state index contributed by atoms with van der Waals surface area (Å²) >= 11 is 5.95. The maximum Gasteiger partial charge on any atom is 0.241 e. The summed E-state index contributed by atoms with van der Waals surface area (Å²) in [5, 5.41) is 3.51. The van der Waals surface area contributed by atoms with Crippen molar-refractivity contribution in [2.24, 2.45) is 0 Å². The van der Waals surface area contributed by atoms with Gasteiger partial charge >= 0.3 is 0 Å². The fourth-order valence-electron chi connectivity index (χ4n) is 1.11. The van der Waals surface area contributed by atoms with Crippen molar-refractivity contribution in [3.8, 4) is 5.75 Å². The molecule has 16 heavy (non-hydrogen) atoms. The topological polar surface area (TPSA) is 41.6 Å². The van der Waals surface area contributed by atoms with E-state index >= 15 is 0 Å². The SMILES string of the molecule is COc1ccc(NCC(=O)N(C)C)cc1Cl. The number of halogens is 1. The van der Waals surface area contributed by atoms with Gasteiger partial charge in [0.1, 0.15) is 5.75 Å². The monoisotopic (exact) mass is 242 g/mol. The number of methoxy groups -OCH3 is 1. The molecule has 1 amide bonds. The smallest absolute Gasteiger partial charge is 0.241 e. The fourth-order valence-corrected chi connectivity index (χ4v) is 1.37. The minimum absolute atomic E-state index is 0.00643. The van der Waals surface area contributed by atoms with Crippen molar-refractivity contribution in [3.63, 3.8) is 0 Å². The van der Waals surface area contributed by atoms with E-state index < -0.39 is 0 Å². The van der Waals surface area contributed by atoms with Crippen LogP contribution in [0.1, 0.15) is 0 Å². The molecule has 0 atom stereocenters. The first-order valence-corrected chi connectivity index (χ1v) is 5.20. The first-order valence-electron chi connectivity index (χ1n) is 4.82. The van der Waals surface area contributed by atoms with Crippen LogP contribution >= 0.6 is 11.6 Å². The van der Waals surface area contributed by atoms with Crippen LogP contribution in [0.2, 0.25) is 5.02 Å². The van der Waals surface area contributed by atoms with Crippen LogP contribution in [0.15, 0.2) is 18.2 Å². The summed E-state index contributed by atoms with van der Waals surface area (Å²) in [5.74, 6) is 0.623. The minimum atomic E-state index is 0.00643. The zero-order chi connectivity index (χ0) is 12.1. The number of hydrogen-bond acceptors (Lipinski definition) is 3. The van der Waals surface area contributed by atoms with Crippen LogP contribution in [0.25, 0.3) is 0 Å². The van der Waals surface area contributed by atoms with Gasteiger partial charge in [-0.2, -0.15) is 0 Å². The van der Waals surface area contributed by atoms with Crippen LogP contribution in [-0.2, 0) is 4.79 Å². The first kappa shape index (κ1) is 12.6. The number of likely N-dealkylation sites (N-methyl/N-ethyl adjacent to an activating group) is 1. The molecule has 0 unspecified atom stereocenters. The average Bonchev–Trinajstić information content (AvgIpc) is 2.25. The van der Waals surface area contributed by atoms with Crippen molar-refractivity contribution in [1.29, 1.82) is 0 Å². The number of hydrogen-bond donors (Lipinski definition) is 1. The van der Waals surface area contributed by atoms with E-state index in [4.69, 9.17) is 16.3 Å². The van der Waals surface area contributed by atoms with Gasteiger partial charge in [0.05, 0.1) is 18.7 Å². The van der Waals surface area contributed by atoms with E-state index in [1.54, 1.807) is 33.3 Å². The van der Waals surface area contributed by atoms with Crippen LogP contribution in [0.5, 0.6) is 5.75 Å². The predicted octanol–water partition coefficient (Wildman–Crippen LogP) is 1.85. The average molecular weight is 243 g/mol. The zero-order valence-electron chi connectivity index (χ0n) is 9.58. The van der Waals surface area contributed by atoms with Gasteiger partial charge in [0.25, 0.3) is 0 Å². The summed E-state index contributed by atoms with van der Waals surface area (Å²) in [6.07, 6.45) is 0. The summed E-state index contributed by atoms with van der Waals surface area (Å²) in [6.45, 7) is 0.246. The zero-order valence-corrected chi connectivity index (χ0v) is 10.3. The molecule has 0 saturated carbocycles. The lowest BCUT2D eigenvalue weighted by molar-refractivity contribution is -0.126. The molecule has 0 aromatic heterocycles. The number of nitrogens with one attached hydrogen (secondary N) is 1. The second kappa shape index (κ2) is 5.61. The van der Waals surface area contributed by atoms with E-state index in [2.05, 4.69) is 5.32 Å². The Balaban J connectivity index is 2.62. The second-order valence-corrected chi connectivity index (χ2v) is 3.90. The number of carbonyl (C=O) groups is 1. The highest BCUT2D eigenvalue weighted by Gasteiger charge is 2.05. The molecular formula is C11H15ClN2O2. The summed E-state index contributed by atoms with van der Waals surface area (Å²) in [5.41, 5.74) is 0.793. The van der Waals surface area contributed by atoms with E-state index in [0.717, 1.165) is 5.69 Å². The fraction of sp³-hybridized carbons (Fsp3) is 0.364. The molecular weight excluding hydrogens is 228 g/mol. The predicted molar refractivity (Wildman–Crippen MR) is 65.2 cm³/mol. The Morgan fingerprint density at radius 3 is 2.69 bits per heavy atom.